The number of hydrogen-bond acceptors (Lipinski definition) is 4. The van der Waals surface area contributed by atoms with Gasteiger partial charge in [-0.25, -0.2) is 0 Å². The summed E-state index contributed by atoms with van der Waals surface area (Å²) in [6.45, 7) is 4.74. The first-order valence-electron chi connectivity index (χ1n) is 10.9. The predicted octanol–water partition coefficient (Wildman–Crippen LogP) is 7.16. The van der Waals surface area contributed by atoms with Crippen LogP contribution in [0.25, 0.3) is 0 Å². The van der Waals surface area contributed by atoms with Crippen molar-refractivity contribution in [2.75, 3.05) is 23.1 Å². The van der Waals surface area contributed by atoms with Gasteiger partial charge in [0.1, 0.15) is 6.61 Å². The van der Waals surface area contributed by atoms with Crippen LogP contribution in [0.4, 0.5) is 22.7 Å². The summed E-state index contributed by atoms with van der Waals surface area (Å²) < 4.78 is 5.31. The minimum Gasteiger partial charge on any atom is -0.500 e. The van der Waals surface area contributed by atoms with Gasteiger partial charge in [-0.15, -0.1) is 0 Å². The highest BCUT2D eigenvalue weighted by Gasteiger charge is 2.11. The fraction of sp³-hybridized carbons (Fsp3) is 0.0690. The standard InChI is InChI=1S/C29H27N3O/c1-2-33-23-22-31(26-12-6-3-7-13-26)30-24-25-18-20-29(21-19-25)32(27-14-8-4-9-15-27)28-16-10-5-11-17-28/h2-21,24H,1,22-23H2/b30-24+. The van der Waals surface area contributed by atoms with Gasteiger partial charge in [0.15, 0.2) is 0 Å². The Hall–Kier alpha value is -4.31. The average Bonchev–Trinajstić information content (AvgIpc) is 2.89. The van der Waals surface area contributed by atoms with Crippen LogP contribution in [0.1, 0.15) is 5.56 Å². The van der Waals surface area contributed by atoms with Crippen molar-refractivity contribution in [3.8, 4) is 0 Å². The maximum atomic E-state index is 5.31. The highest BCUT2D eigenvalue weighted by Crippen LogP contribution is 2.33. The van der Waals surface area contributed by atoms with Crippen LogP contribution >= 0.6 is 0 Å². The molecule has 0 unspecified atom stereocenters. The highest BCUT2D eigenvalue weighted by atomic mass is 16.5. The molecule has 0 radical (unpaired) electrons. The molecule has 0 atom stereocenters. The fourth-order valence-electron chi connectivity index (χ4n) is 3.52. The zero-order valence-electron chi connectivity index (χ0n) is 18.5. The molecule has 0 fully saturated rings. The maximum absolute atomic E-state index is 5.31. The van der Waals surface area contributed by atoms with Crippen LogP contribution in [0.2, 0.25) is 0 Å². The van der Waals surface area contributed by atoms with E-state index in [1.54, 1.807) is 0 Å². The Labute approximate surface area is 195 Å². The molecule has 4 aromatic carbocycles. The van der Waals surface area contributed by atoms with Gasteiger partial charge in [0.25, 0.3) is 0 Å². The van der Waals surface area contributed by atoms with Gasteiger partial charge in [0.05, 0.1) is 24.7 Å². The van der Waals surface area contributed by atoms with E-state index in [1.165, 1.54) is 6.26 Å². The van der Waals surface area contributed by atoms with Crippen molar-refractivity contribution in [1.29, 1.82) is 0 Å². The van der Waals surface area contributed by atoms with Crippen molar-refractivity contribution in [3.05, 3.63) is 134 Å². The van der Waals surface area contributed by atoms with Crippen molar-refractivity contribution >= 4 is 29.0 Å². The summed E-state index contributed by atoms with van der Waals surface area (Å²) >= 11 is 0. The number of anilines is 4. The normalized spacial score (nSPS) is 10.7. The molecule has 0 aromatic heterocycles. The van der Waals surface area contributed by atoms with Crippen LogP contribution in [0.5, 0.6) is 0 Å². The van der Waals surface area contributed by atoms with Gasteiger partial charge < -0.3 is 9.64 Å². The van der Waals surface area contributed by atoms with Gasteiger partial charge in [0.2, 0.25) is 0 Å². The monoisotopic (exact) mass is 433 g/mol. The summed E-state index contributed by atoms with van der Waals surface area (Å²) in [6, 6.07) is 39.2. The molecular weight excluding hydrogens is 406 g/mol. The molecule has 0 aliphatic heterocycles. The van der Waals surface area contributed by atoms with E-state index in [-0.39, 0.29) is 0 Å². The van der Waals surface area contributed by atoms with Crippen molar-refractivity contribution in [3.63, 3.8) is 0 Å². The molecule has 164 valence electrons. The van der Waals surface area contributed by atoms with Crippen LogP contribution in [-0.2, 0) is 4.74 Å². The third-order valence-electron chi connectivity index (χ3n) is 5.12. The largest absolute Gasteiger partial charge is 0.500 e. The van der Waals surface area contributed by atoms with E-state index in [9.17, 15) is 0 Å². The summed E-state index contributed by atoms with van der Waals surface area (Å²) in [5, 5.41) is 6.64. The lowest BCUT2D eigenvalue weighted by molar-refractivity contribution is 0.258. The molecule has 0 saturated heterocycles. The van der Waals surface area contributed by atoms with Crippen LogP contribution in [0.3, 0.4) is 0 Å². The van der Waals surface area contributed by atoms with Gasteiger partial charge in [-0.1, -0.05) is 73.3 Å². The number of ether oxygens (including phenoxy) is 1. The molecule has 0 aliphatic rings. The molecule has 0 heterocycles. The minimum absolute atomic E-state index is 0.512. The molecule has 0 saturated carbocycles. The summed E-state index contributed by atoms with van der Waals surface area (Å²) in [7, 11) is 0. The molecule has 33 heavy (non-hydrogen) atoms. The van der Waals surface area contributed by atoms with Crippen LogP contribution < -0.4 is 9.91 Å². The number of para-hydroxylation sites is 3. The quantitative estimate of drug-likeness (QED) is 0.115. The molecule has 4 rings (SSSR count). The van der Waals surface area contributed by atoms with Gasteiger partial charge >= 0.3 is 0 Å². The summed E-state index contributed by atoms with van der Waals surface area (Å²) in [5.74, 6) is 0. The van der Waals surface area contributed by atoms with Gasteiger partial charge in [-0.2, -0.15) is 5.10 Å². The molecule has 4 aromatic rings. The highest BCUT2D eigenvalue weighted by molar-refractivity contribution is 5.83. The second-order valence-electron chi connectivity index (χ2n) is 7.34. The molecule has 4 nitrogen and oxygen atoms in total. The Morgan fingerprint density at radius 2 is 1.12 bits per heavy atom. The molecule has 0 spiro atoms. The molecular formula is C29H27N3O. The second-order valence-corrected chi connectivity index (χ2v) is 7.34. The van der Waals surface area contributed by atoms with E-state index in [0.717, 1.165) is 28.3 Å². The summed E-state index contributed by atoms with van der Waals surface area (Å²) in [5.41, 5.74) is 5.34. The smallest absolute Gasteiger partial charge is 0.107 e. The van der Waals surface area contributed by atoms with E-state index < -0.39 is 0 Å². The third-order valence-corrected chi connectivity index (χ3v) is 5.12. The van der Waals surface area contributed by atoms with E-state index in [2.05, 4.69) is 84.3 Å². The molecule has 0 amide bonds. The number of nitrogens with zero attached hydrogens (tertiary/aromatic N) is 3. The predicted molar refractivity (Wildman–Crippen MR) is 139 cm³/mol. The fourth-order valence-corrected chi connectivity index (χ4v) is 3.52. The summed E-state index contributed by atoms with van der Waals surface area (Å²) in [6.07, 6.45) is 3.33. The molecule has 0 aliphatic carbocycles. The number of rotatable bonds is 10. The van der Waals surface area contributed by atoms with Crippen molar-refractivity contribution in [2.24, 2.45) is 5.10 Å². The van der Waals surface area contributed by atoms with Crippen molar-refractivity contribution < 1.29 is 4.74 Å². The Kier molecular flexibility index (Phi) is 7.53. The van der Waals surface area contributed by atoms with Crippen LogP contribution in [0, 0.1) is 0 Å². The SMILES string of the molecule is C=COCCN(/N=C/c1ccc(N(c2ccccc2)c2ccccc2)cc1)c1ccccc1. The van der Waals surface area contributed by atoms with Gasteiger partial charge in [-0.05, 0) is 54.1 Å². The van der Waals surface area contributed by atoms with Gasteiger partial charge in [-0.3, -0.25) is 5.01 Å². The van der Waals surface area contributed by atoms with E-state index in [0.29, 0.717) is 13.2 Å². The lowest BCUT2D eigenvalue weighted by atomic mass is 10.1. The van der Waals surface area contributed by atoms with Crippen LogP contribution in [0.15, 0.2) is 133 Å². The zero-order valence-corrected chi connectivity index (χ0v) is 18.5. The van der Waals surface area contributed by atoms with Crippen molar-refractivity contribution in [2.45, 2.75) is 0 Å². The third kappa shape index (κ3) is 5.89. The van der Waals surface area contributed by atoms with E-state index in [4.69, 9.17) is 9.84 Å². The first-order valence-corrected chi connectivity index (χ1v) is 10.9. The second kappa shape index (κ2) is 11.3. The maximum Gasteiger partial charge on any atom is 0.107 e. The topological polar surface area (TPSA) is 28.1 Å². The minimum atomic E-state index is 0.512. The Balaban J connectivity index is 1.57. The zero-order chi connectivity index (χ0) is 22.7. The lowest BCUT2D eigenvalue weighted by Crippen LogP contribution is -2.21. The van der Waals surface area contributed by atoms with E-state index >= 15 is 0 Å². The average molecular weight is 434 g/mol. The molecule has 0 bridgehead atoms. The summed E-state index contributed by atoms with van der Waals surface area (Å²) in [4.78, 5) is 2.24. The first kappa shape index (κ1) is 21.9. The van der Waals surface area contributed by atoms with E-state index in [1.807, 2.05) is 53.7 Å². The van der Waals surface area contributed by atoms with Crippen molar-refractivity contribution in [1.82, 2.24) is 0 Å². The molecule has 4 heteroatoms. The van der Waals surface area contributed by atoms with Crippen LogP contribution in [-0.4, -0.2) is 19.4 Å². The lowest BCUT2D eigenvalue weighted by Gasteiger charge is -2.25. The van der Waals surface area contributed by atoms with Gasteiger partial charge in [0, 0.05) is 17.1 Å². The Bertz CT molecular complexity index is 1100. The number of hydrogen-bond donors (Lipinski definition) is 0. The first-order chi connectivity index (χ1) is 16.3. The Morgan fingerprint density at radius 1 is 0.636 bits per heavy atom. The molecule has 0 N–H and O–H groups in total. The number of hydrazone groups is 1. The Morgan fingerprint density at radius 3 is 1.64 bits per heavy atom. The number of benzene rings is 4.